The monoisotopic (exact) mass is 552 g/mol. The highest BCUT2D eigenvalue weighted by atomic mass is 32.2. The van der Waals surface area contributed by atoms with E-state index in [1.165, 1.54) is 18.2 Å². The second-order valence-corrected chi connectivity index (χ2v) is 11.7. The molecule has 1 aliphatic rings. The number of hydrogen-bond donors (Lipinski definition) is 1. The second kappa shape index (κ2) is 12.6. The maximum absolute atomic E-state index is 13.6. The third-order valence-electron chi connectivity index (χ3n) is 6.99. The number of carbonyl (C=O) groups is 1. The maximum atomic E-state index is 13.6. The summed E-state index contributed by atoms with van der Waals surface area (Å²) >= 11 is 0. The van der Waals surface area contributed by atoms with E-state index in [0.717, 1.165) is 12.1 Å². The third-order valence-corrected chi connectivity index (χ3v) is 8.39. The van der Waals surface area contributed by atoms with Gasteiger partial charge in [0.2, 0.25) is 0 Å². The van der Waals surface area contributed by atoms with E-state index in [-0.39, 0.29) is 40.1 Å². The van der Waals surface area contributed by atoms with Gasteiger partial charge in [0.15, 0.2) is 0 Å². The summed E-state index contributed by atoms with van der Waals surface area (Å²) in [6.07, 6.45) is 3.42. The summed E-state index contributed by atoms with van der Waals surface area (Å²) in [7, 11) is -0.448. The van der Waals surface area contributed by atoms with Gasteiger partial charge in [-0.1, -0.05) is 31.2 Å². The number of sulfonamides is 1. The molecule has 2 heterocycles. The summed E-state index contributed by atoms with van der Waals surface area (Å²) in [5, 5.41) is 0. The van der Waals surface area contributed by atoms with Gasteiger partial charge in [-0.05, 0) is 54.8 Å². The maximum Gasteiger partial charge on any atom is 0.261 e. The number of hydrogen-bond acceptors (Lipinski definition) is 7. The van der Waals surface area contributed by atoms with Gasteiger partial charge in [-0.15, -0.1) is 0 Å². The highest BCUT2D eigenvalue weighted by Gasteiger charge is 2.29. The Bertz CT molecular complexity index is 1350. The van der Waals surface area contributed by atoms with Crippen LogP contribution in [0.25, 0.3) is 0 Å². The number of aromatic nitrogens is 1. The summed E-state index contributed by atoms with van der Waals surface area (Å²) in [5.74, 6) is 0.234. The number of nitrogens with one attached hydrogen (secondary N) is 1. The standard InChI is InChI=1S/C29H36N4O5S/c1-21-17-33(18-23-9-8-14-30-16-23)22(2)20-38-27-13-12-24(31-39(35,36)25-10-6-5-7-11-25)15-26(27)29(34)32(3)19-28(21)37-4/h5-16,21-22,28,31H,17-20H2,1-4H3/t21-,22+,28+/m1/s1. The first kappa shape index (κ1) is 28.5. The molecule has 39 heavy (non-hydrogen) atoms. The average molecular weight is 553 g/mol. The summed E-state index contributed by atoms with van der Waals surface area (Å²) in [6, 6.07) is 16.9. The number of benzene rings is 2. The van der Waals surface area contributed by atoms with E-state index in [9.17, 15) is 13.2 Å². The molecule has 9 nitrogen and oxygen atoms in total. The fraction of sp³-hybridized carbons (Fsp3) is 0.379. The number of rotatable bonds is 6. The average Bonchev–Trinajstić information content (AvgIpc) is 2.94. The number of ether oxygens (including phenoxy) is 2. The molecule has 208 valence electrons. The van der Waals surface area contributed by atoms with Crippen molar-refractivity contribution in [2.45, 2.75) is 37.4 Å². The van der Waals surface area contributed by atoms with E-state index in [1.54, 1.807) is 55.6 Å². The SMILES string of the molecule is CO[C@H]1CN(C)C(=O)c2cc(NS(=O)(=O)c3ccccc3)ccc2OC[C@H](C)N(Cc2cccnc2)C[C@H]1C. The van der Waals surface area contributed by atoms with Gasteiger partial charge in [0.1, 0.15) is 12.4 Å². The van der Waals surface area contributed by atoms with Gasteiger partial charge in [0.25, 0.3) is 15.9 Å². The number of carbonyl (C=O) groups excluding carboxylic acids is 1. The molecule has 3 atom stereocenters. The summed E-state index contributed by atoms with van der Waals surface area (Å²) in [6.45, 7) is 6.35. The molecule has 0 radical (unpaired) electrons. The lowest BCUT2D eigenvalue weighted by Crippen LogP contribution is -2.46. The van der Waals surface area contributed by atoms with E-state index in [2.05, 4.69) is 34.5 Å². The molecule has 1 aromatic heterocycles. The molecule has 4 rings (SSSR count). The van der Waals surface area contributed by atoms with Crippen LogP contribution < -0.4 is 9.46 Å². The first-order valence-electron chi connectivity index (χ1n) is 12.9. The zero-order valence-electron chi connectivity index (χ0n) is 22.8. The quantitative estimate of drug-likeness (QED) is 0.495. The Labute approximate surface area is 230 Å². The topological polar surface area (TPSA) is 101 Å². The molecule has 1 amide bonds. The van der Waals surface area contributed by atoms with Crippen LogP contribution in [0.4, 0.5) is 5.69 Å². The number of nitrogens with zero attached hydrogens (tertiary/aromatic N) is 3. The Morgan fingerprint density at radius 3 is 2.54 bits per heavy atom. The van der Waals surface area contributed by atoms with Crippen molar-refractivity contribution >= 4 is 21.6 Å². The molecule has 0 fully saturated rings. The number of fused-ring (bicyclic) bond motifs is 1. The van der Waals surface area contributed by atoms with Crippen LogP contribution in [0.15, 0.2) is 78.0 Å². The lowest BCUT2D eigenvalue weighted by Gasteiger charge is -2.36. The Hall–Kier alpha value is -3.47. The van der Waals surface area contributed by atoms with Crippen molar-refractivity contribution in [2.24, 2.45) is 5.92 Å². The number of methoxy groups -OCH3 is 1. The van der Waals surface area contributed by atoms with Gasteiger partial charge in [-0.2, -0.15) is 0 Å². The highest BCUT2D eigenvalue weighted by Crippen LogP contribution is 2.28. The van der Waals surface area contributed by atoms with Crippen LogP contribution in [0, 0.1) is 5.92 Å². The lowest BCUT2D eigenvalue weighted by atomic mass is 10.0. The van der Waals surface area contributed by atoms with Gasteiger partial charge in [-0.25, -0.2) is 8.42 Å². The first-order chi connectivity index (χ1) is 18.7. The molecular weight excluding hydrogens is 516 g/mol. The van der Waals surface area contributed by atoms with Crippen LogP contribution in [-0.2, 0) is 21.3 Å². The van der Waals surface area contributed by atoms with E-state index < -0.39 is 10.0 Å². The molecule has 0 aliphatic carbocycles. The molecule has 3 aromatic rings. The molecule has 0 saturated heterocycles. The number of anilines is 1. The fourth-order valence-corrected chi connectivity index (χ4v) is 5.75. The Morgan fingerprint density at radius 2 is 1.85 bits per heavy atom. The minimum absolute atomic E-state index is 0.0153. The highest BCUT2D eigenvalue weighted by molar-refractivity contribution is 7.92. The molecule has 0 spiro atoms. The van der Waals surface area contributed by atoms with Gasteiger partial charge in [-0.3, -0.25) is 19.4 Å². The van der Waals surface area contributed by atoms with Crippen molar-refractivity contribution in [3.63, 3.8) is 0 Å². The van der Waals surface area contributed by atoms with Gasteiger partial charge < -0.3 is 14.4 Å². The van der Waals surface area contributed by atoms with Crippen molar-refractivity contribution in [1.29, 1.82) is 0 Å². The van der Waals surface area contributed by atoms with Crippen molar-refractivity contribution in [2.75, 3.05) is 38.6 Å². The van der Waals surface area contributed by atoms with Crippen molar-refractivity contribution < 1.29 is 22.7 Å². The Morgan fingerprint density at radius 1 is 1.08 bits per heavy atom. The zero-order chi connectivity index (χ0) is 28.0. The van der Waals surface area contributed by atoms with E-state index in [4.69, 9.17) is 9.47 Å². The Kier molecular flexibility index (Phi) is 9.21. The minimum atomic E-state index is -3.82. The van der Waals surface area contributed by atoms with E-state index >= 15 is 0 Å². The number of pyridine rings is 1. The van der Waals surface area contributed by atoms with E-state index in [1.807, 2.05) is 12.3 Å². The van der Waals surface area contributed by atoms with Crippen molar-refractivity contribution in [1.82, 2.24) is 14.8 Å². The fourth-order valence-electron chi connectivity index (χ4n) is 4.68. The van der Waals surface area contributed by atoms with Crippen LogP contribution in [0.5, 0.6) is 5.75 Å². The number of amides is 1. The van der Waals surface area contributed by atoms with Crippen LogP contribution in [-0.4, -0.2) is 75.1 Å². The normalized spacial score (nSPS) is 21.3. The molecule has 2 aromatic carbocycles. The summed E-state index contributed by atoms with van der Waals surface area (Å²) in [5.41, 5.74) is 1.65. The van der Waals surface area contributed by atoms with E-state index in [0.29, 0.717) is 25.4 Å². The van der Waals surface area contributed by atoms with Crippen LogP contribution in [0.1, 0.15) is 29.8 Å². The van der Waals surface area contributed by atoms with Gasteiger partial charge in [0.05, 0.1) is 16.6 Å². The smallest absolute Gasteiger partial charge is 0.261 e. The van der Waals surface area contributed by atoms with Crippen molar-refractivity contribution in [3.8, 4) is 5.75 Å². The second-order valence-electron chi connectivity index (χ2n) is 10.0. The lowest BCUT2D eigenvalue weighted by molar-refractivity contribution is 0.00920. The minimum Gasteiger partial charge on any atom is -0.491 e. The Balaban J connectivity index is 1.65. The first-order valence-corrected chi connectivity index (χ1v) is 14.4. The molecular formula is C29H36N4O5S. The predicted octanol–water partition coefficient (Wildman–Crippen LogP) is 3.89. The molecule has 1 N–H and O–H groups in total. The molecule has 1 aliphatic heterocycles. The van der Waals surface area contributed by atoms with Gasteiger partial charge in [0, 0.05) is 57.9 Å². The third kappa shape index (κ3) is 7.14. The summed E-state index contributed by atoms with van der Waals surface area (Å²) in [4.78, 5) is 21.9. The zero-order valence-corrected chi connectivity index (χ0v) is 23.6. The van der Waals surface area contributed by atoms with Crippen LogP contribution in [0.3, 0.4) is 0 Å². The van der Waals surface area contributed by atoms with Crippen molar-refractivity contribution in [3.05, 3.63) is 84.2 Å². The summed E-state index contributed by atoms with van der Waals surface area (Å²) < 4.78 is 40.4. The number of likely N-dealkylation sites (N-methyl/N-ethyl adjacent to an activating group) is 1. The van der Waals surface area contributed by atoms with Gasteiger partial charge >= 0.3 is 0 Å². The molecule has 0 bridgehead atoms. The van der Waals surface area contributed by atoms with Crippen LogP contribution >= 0.6 is 0 Å². The predicted molar refractivity (Wildman–Crippen MR) is 150 cm³/mol. The largest absolute Gasteiger partial charge is 0.491 e. The molecule has 10 heteroatoms. The molecule has 0 saturated carbocycles. The van der Waals surface area contributed by atoms with Crippen LogP contribution in [0.2, 0.25) is 0 Å². The molecule has 0 unspecified atom stereocenters.